The van der Waals surface area contributed by atoms with Gasteiger partial charge in [-0.05, 0) is 52.2 Å². The van der Waals surface area contributed by atoms with Crippen molar-refractivity contribution in [2.24, 2.45) is 0 Å². The third kappa shape index (κ3) is 3.52. The Morgan fingerprint density at radius 1 is 1.11 bits per heavy atom. The molecule has 0 aliphatic carbocycles. The molecule has 0 N–H and O–H groups in total. The maximum Gasteiger partial charge on any atom is 0.259 e. The highest BCUT2D eigenvalue weighted by atomic mass is 79.9. The summed E-state index contributed by atoms with van der Waals surface area (Å²) in [4.78, 5) is 18.8. The second-order valence-electron chi connectivity index (χ2n) is 6.41. The van der Waals surface area contributed by atoms with Gasteiger partial charge in [-0.3, -0.25) is 9.78 Å². The van der Waals surface area contributed by atoms with Gasteiger partial charge in [0.2, 0.25) is 10.0 Å². The van der Waals surface area contributed by atoms with E-state index in [9.17, 15) is 13.2 Å². The summed E-state index contributed by atoms with van der Waals surface area (Å²) in [5.41, 5.74) is 2.10. The van der Waals surface area contributed by atoms with Crippen molar-refractivity contribution >= 4 is 37.5 Å². The molecule has 0 atom stereocenters. The van der Waals surface area contributed by atoms with Crippen LogP contribution in [0.4, 0.5) is 5.69 Å². The number of morpholine rings is 1. The van der Waals surface area contributed by atoms with Gasteiger partial charge in [0.15, 0.2) is 0 Å². The van der Waals surface area contributed by atoms with Gasteiger partial charge in [-0.2, -0.15) is 4.31 Å². The summed E-state index contributed by atoms with van der Waals surface area (Å²) in [5.74, 6) is -0.147. The molecule has 1 fully saturated rings. The lowest BCUT2D eigenvalue weighted by atomic mass is 10.2. The fourth-order valence-electron chi connectivity index (χ4n) is 3.37. The molecule has 9 heteroatoms. The van der Waals surface area contributed by atoms with Crippen LogP contribution in [0, 0.1) is 0 Å². The standard InChI is InChI=1S/C18H18BrN3O4S/c19-15-9-14(11-20-12-15)18(23)22-4-3-13-10-16(1-2-17(13)22)27(24,25)21-5-7-26-8-6-21/h1-2,9-12H,3-8H2. The zero-order chi connectivity index (χ0) is 19.0. The topological polar surface area (TPSA) is 79.8 Å². The normalized spacial score (nSPS) is 17.7. The van der Waals surface area contributed by atoms with E-state index in [0.717, 1.165) is 15.7 Å². The molecule has 3 heterocycles. The number of sulfonamides is 1. The van der Waals surface area contributed by atoms with E-state index in [1.54, 1.807) is 35.4 Å². The quantitative estimate of drug-likeness (QED) is 0.713. The Balaban J connectivity index is 1.62. The van der Waals surface area contributed by atoms with Crippen molar-refractivity contribution < 1.29 is 17.9 Å². The predicted octanol–water partition coefficient (Wildman–Crippen LogP) is 2.07. The lowest BCUT2D eigenvalue weighted by molar-refractivity contribution is 0.0730. The molecule has 27 heavy (non-hydrogen) atoms. The molecule has 1 saturated heterocycles. The zero-order valence-corrected chi connectivity index (χ0v) is 16.9. The second kappa shape index (κ2) is 7.31. The van der Waals surface area contributed by atoms with Crippen molar-refractivity contribution in [2.75, 3.05) is 37.7 Å². The molecule has 7 nitrogen and oxygen atoms in total. The summed E-state index contributed by atoms with van der Waals surface area (Å²) < 4.78 is 33.1. The van der Waals surface area contributed by atoms with E-state index in [4.69, 9.17) is 4.74 Å². The number of benzene rings is 1. The number of halogens is 1. The van der Waals surface area contributed by atoms with Crippen LogP contribution in [0.1, 0.15) is 15.9 Å². The van der Waals surface area contributed by atoms with Crippen LogP contribution in [-0.2, 0) is 21.2 Å². The predicted molar refractivity (Wildman–Crippen MR) is 103 cm³/mol. The van der Waals surface area contributed by atoms with Crippen molar-refractivity contribution in [3.8, 4) is 0 Å². The molecule has 1 aromatic carbocycles. The molecule has 0 radical (unpaired) electrons. The van der Waals surface area contributed by atoms with Gasteiger partial charge in [0.1, 0.15) is 0 Å². The number of carbonyl (C=O) groups is 1. The van der Waals surface area contributed by atoms with Gasteiger partial charge in [-0.25, -0.2) is 8.42 Å². The van der Waals surface area contributed by atoms with Crippen LogP contribution >= 0.6 is 15.9 Å². The molecular formula is C18H18BrN3O4S. The number of fused-ring (bicyclic) bond motifs is 1. The minimum absolute atomic E-state index is 0.147. The molecule has 2 aliphatic heterocycles. The van der Waals surface area contributed by atoms with Gasteiger partial charge in [-0.1, -0.05) is 0 Å². The first kappa shape index (κ1) is 18.5. The molecule has 2 aliphatic rings. The average Bonchev–Trinajstić information content (AvgIpc) is 3.11. The lowest BCUT2D eigenvalue weighted by Gasteiger charge is -2.26. The molecule has 1 aromatic heterocycles. The summed E-state index contributed by atoms with van der Waals surface area (Å²) in [6.07, 6.45) is 3.77. The Hall–Kier alpha value is -1.81. The Morgan fingerprint density at radius 2 is 1.89 bits per heavy atom. The number of pyridine rings is 1. The van der Waals surface area contributed by atoms with Gasteiger partial charge in [0.25, 0.3) is 5.91 Å². The summed E-state index contributed by atoms with van der Waals surface area (Å²) in [6.45, 7) is 2.06. The fraction of sp³-hybridized carbons (Fsp3) is 0.333. The van der Waals surface area contributed by atoms with Crippen LogP contribution in [0.2, 0.25) is 0 Å². The maximum absolute atomic E-state index is 12.8. The first-order chi connectivity index (χ1) is 13.0. The number of ether oxygens (including phenoxy) is 1. The van der Waals surface area contributed by atoms with Crippen molar-refractivity contribution in [3.05, 3.63) is 52.3 Å². The monoisotopic (exact) mass is 451 g/mol. The van der Waals surface area contributed by atoms with Crippen LogP contribution in [0.3, 0.4) is 0 Å². The van der Waals surface area contributed by atoms with Crippen molar-refractivity contribution in [1.29, 1.82) is 0 Å². The summed E-state index contributed by atoms with van der Waals surface area (Å²) in [6, 6.07) is 6.71. The largest absolute Gasteiger partial charge is 0.379 e. The van der Waals surface area contributed by atoms with Gasteiger partial charge >= 0.3 is 0 Å². The zero-order valence-electron chi connectivity index (χ0n) is 14.5. The number of carbonyl (C=O) groups excluding carboxylic acids is 1. The Bertz CT molecular complexity index is 990. The number of hydrogen-bond donors (Lipinski definition) is 0. The smallest absolute Gasteiger partial charge is 0.259 e. The number of aromatic nitrogens is 1. The molecule has 0 spiro atoms. The minimum Gasteiger partial charge on any atom is -0.379 e. The number of rotatable bonds is 3. The van der Waals surface area contributed by atoms with E-state index in [1.807, 2.05) is 0 Å². The van der Waals surface area contributed by atoms with Crippen LogP contribution < -0.4 is 4.90 Å². The molecule has 0 saturated carbocycles. The molecular weight excluding hydrogens is 434 g/mol. The lowest BCUT2D eigenvalue weighted by Crippen LogP contribution is -2.40. The van der Waals surface area contributed by atoms with Gasteiger partial charge in [-0.15, -0.1) is 0 Å². The number of amides is 1. The molecule has 1 amide bonds. The molecule has 2 aromatic rings. The Morgan fingerprint density at radius 3 is 2.63 bits per heavy atom. The fourth-order valence-corrected chi connectivity index (χ4v) is 5.19. The highest BCUT2D eigenvalue weighted by Gasteiger charge is 2.30. The van der Waals surface area contributed by atoms with Crippen LogP contribution in [-0.4, -0.2) is 56.5 Å². The molecule has 0 bridgehead atoms. The molecule has 0 unspecified atom stereocenters. The third-order valence-electron chi connectivity index (χ3n) is 4.75. The van der Waals surface area contributed by atoms with Crippen LogP contribution in [0.25, 0.3) is 0 Å². The third-order valence-corrected chi connectivity index (χ3v) is 7.08. The van der Waals surface area contributed by atoms with E-state index >= 15 is 0 Å². The second-order valence-corrected chi connectivity index (χ2v) is 9.26. The number of hydrogen-bond acceptors (Lipinski definition) is 5. The van der Waals surface area contributed by atoms with E-state index < -0.39 is 10.0 Å². The summed E-state index contributed by atoms with van der Waals surface area (Å²) in [5, 5.41) is 0. The van der Waals surface area contributed by atoms with Crippen molar-refractivity contribution in [2.45, 2.75) is 11.3 Å². The molecule has 142 valence electrons. The highest BCUT2D eigenvalue weighted by Crippen LogP contribution is 2.32. The van der Waals surface area contributed by atoms with Gasteiger partial charge in [0, 0.05) is 42.2 Å². The van der Waals surface area contributed by atoms with E-state index in [-0.39, 0.29) is 10.8 Å². The van der Waals surface area contributed by atoms with Crippen LogP contribution in [0.5, 0.6) is 0 Å². The van der Waals surface area contributed by atoms with Crippen LogP contribution in [0.15, 0.2) is 46.0 Å². The van der Waals surface area contributed by atoms with Crippen molar-refractivity contribution in [3.63, 3.8) is 0 Å². The Kier molecular flexibility index (Phi) is 5.02. The van der Waals surface area contributed by atoms with Gasteiger partial charge in [0.05, 0.1) is 23.7 Å². The molecule has 4 rings (SSSR count). The van der Waals surface area contributed by atoms with Crippen molar-refractivity contribution in [1.82, 2.24) is 9.29 Å². The minimum atomic E-state index is -3.55. The van der Waals surface area contributed by atoms with E-state index in [1.165, 1.54) is 10.5 Å². The Labute approximate surface area is 166 Å². The maximum atomic E-state index is 12.8. The SMILES string of the molecule is O=C(c1cncc(Br)c1)N1CCc2cc(S(=O)(=O)N3CCOCC3)ccc21. The van der Waals surface area contributed by atoms with Gasteiger partial charge < -0.3 is 9.64 Å². The first-order valence-corrected chi connectivity index (χ1v) is 10.8. The number of nitrogens with zero attached hydrogens (tertiary/aromatic N) is 3. The first-order valence-electron chi connectivity index (χ1n) is 8.60. The number of anilines is 1. The van der Waals surface area contributed by atoms with E-state index in [0.29, 0.717) is 44.8 Å². The summed E-state index contributed by atoms with van der Waals surface area (Å²) >= 11 is 3.33. The van der Waals surface area contributed by atoms with E-state index in [2.05, 4.69) is 20.9 Å². The average molecular weight is 452 g/mol. The highest BCUT2D eigenvalue weighted by molar-refractivity contribution is 9.10. The summed E-state index contributed by atoms with van der Waals surface area (Å²) in [7, 11) is -3.55.